The second-order valence-electron chi connectivity index (χ2n) is 6.71. The monoisotopic (exact) mass is 498 g/mol. The first kappa shape index (κ1) is 19.9. The summed E-state index contributed by atoms with van der Waals surface area (Å²) in [6, 6.07) is 14.5. The maximum absolute atomic E-state index is 12.6. The predicted molar refractivity (Wildman–Crippen MR) is 118 cm³/mol. The molecule has 1 amide bonds. The fourth-order valence-corrected chi connectivity index (χ4v) is 7.96. The Morgan fingerprint density at radius 1 is 1.21 bits per heavy atom. The van der Waals surface area contributed by atoms with E-state index in [0.717, 1.165) is 15.7 Å². The van der Waals surface area contributed by atoms with Crippen molar-refractivity contribution in [3.63, 3.8) is 0 Å². The van der Waals surface area contributed by atoms with Crippen LogP contribution in [0.1, 0.15) is 5.56 Å². The Morgan fingerprint density at radius 3 is 2.75 bits per heavy atom. The lowest BCUT2D eigenvalue weighted by Crippen LogP contribution is -2.37. The Kier molecular flexibility index (Phi) is 5.57. The molecule has 2 saturated heterocycles. The van der Waals surface area contributed by atoms with Gasteiger partial charge in [-0.1, -0.05) is 63.6 Å². The lowest BCUT2D eigenvalue weighted by atomic mass is 10.1. The number of fused-ring (bicyclic) bond motifs is 1. The van der Waals surface area contributed by atoms with Crippen LogP contribution >= 0.6 is 39.3 Å². The van der Waals surface area contributed by atoms with Crippen LogP contribution in [0, 0.1) is 0 Å². The number of halogens is 2. The Balaban J connectivity index is 1.66. The van der Waals surface area contributed by atoms with Crippen LogP contribution in [-0.4, -0.2) is 42.3 Å². The molecule has 0 N–H and O–H groups in total. The van der Waals surface area contributed by atoms with Crippen molar-refractivity contribution in [2.24, 2.45) is 4.99 Å². The van der Waals surface area contributed by atoms with E-state index in [-0.39, 0.29) is 35.1 Å². The summed E-state index contributed by atoms with van der Waals surface area (Å²) in [5.74, 6) is -0.141. The molecule has 2 fully saturated rings. The van der Waals surface area contributed by atoms with Gasteiger partial charge < -0.3 is 4.90 Å². The molecular formula is C19H16BrClN2O3S2. The highest BCUT2D eigenvalue weighted by Gasteiger charge is 2.49. The molecule has 9 heteroatoms. The van der Waals surface area contributed by atoms with E-state index in [0.29, 0.717) is 10.2 Å². The van der Waals surface area contributed by atoms with Gasteiger partial charge in [0.25, 0.3) is 5.91 Å². The number of nitrogens with zero attached hydrogens (tertiary/aromatic N) is 2. The van der Waals surface area contributed by atoms with Crippen molar-refractivity contribution in [3.05, 3.63) is 63.6 Å². The number of carbonyl (C=O) groups excluding carboxylic acids is 1. The summed E-state index contributed by atoms with van der Waals surface area (Å²) in [6.07, 6.45) is 0.101. The number of rotatable bonds is 3. The molecule has 2 heterocycles. The number of aliphatic imine (C=N–C) groups is 1. The molecule has 0 unspecified atom stereocenters. The van der Waals surface area contributed by atoms with Crippen molar-refractivity contribution in [2.75, 3.05) is 16.4 Å². The molecule has 0 bridgehead atoms. The number of benzene rings is 2. The summed E-state index contributed by atoms with van der Waals surface area (Å²) >= 11 is 11.0. The number of amidine groups is 1. The number of amides is 1. The van der Waals surface area contributed by atoms with E-state index in [1.165, 1.54) is 11.8 Å². The number of thioether (sulfide) groups is 1. The Morgan fingerprint density at radius 2 is 2.00 bits per heavy atom. The van der Waals surface area contributed by atoms with E-state index in [1.807, 2.05) is 41.3 Å². The molecule has 2 atom stereocenters. The average Bonchev–Trinajstić information content (AvgIpc) is 3.07. The first-order valence-electron chi connectivity index (χ1n) is 8.59. The predicted octanol–water partition coefficient (Wildman–Crippen LogP) is 3.95. The third-order valence-corrected chi connectivity index (χ3v) is 8.74. The smallest absolute Gasteiger partial charge is 0.252 e. The second-order valence-corrected chi connectivity index (χ2v) is 11.4. The van der Waals surface area contributed by atoms with Crippen LogP contribution in [0.3, 0.4) is 0 Å². The Labute approximate surface area is 181 Å². The number of hydrogen-bond acceptors (Lipinski definition) is 4. The second kappa shape index (κ2) is 7.82. The molecule has 28 heavy (non-hydrogen) atoms. The van der Waals surface area contributed by atoms with Crippen molar-refractivity contribution < 1.29 is 13.2 Å². The van der Waals surface area contributed by atoms with Crippen LogP contribution in [0.25, 0.3) is 0 Å². The van der Waals surface area contributed by atoms with E-state index >= 15 is 0 Å². The van der Waals surface area contributed by atoms with E-state index in [4.69, 9.17) is 11.6 Å². The van der Waals surface area contributed by atoms with Gasteiger partial charge in [-0.05, 0) is 29.8 Å². The minimum atomic E-state index is -3.09. The van der Waals surface area contributed by atoms with E-state index < -0.39 is 9.84 Å². The SMILES string of the molecule is O=C(Cc1ccccc1Cl)N=C1S[C@@H]2CS(=O)(=O)C[C@H]2N1c1cccc(Br)c1. The minimum absolute atomic E-state index is 0.0644. The van der Waals surface area contributed by atoms with Crippen LogP contribution in [0.2, 0.25) is 5.02 Å². The summed E-state index contributed by atoms with van der Waals surface area (Å²) in [5.41, 5.74) is 1.54. The molecule has 2 aliphatic rings. The van der Waals surface area contributed by atoms with Crippen LogP contribution in [0.4, 0.5) is 5.69 Å². The average molecular weight is 500 g/mol. The zero-order valence-electron chi connectivity index (χ0n) is 14.6. The molecule has 5 nitrogen and oxygen atoms in total. The number of anilines is 1. The summed E-state index contributed by atoms with van der Waals surface area (Å²) in [5, 5.41) is 0.942. The molecule has 0 aromatic heterocycles. The molecule has 0 saturated carbocycles. The largest absolute Gasteiger partial charge is 0.316 e. The van der Waals surface area contributed by atoms with Gasteiger partial charge in [-0.2, -0.15) is 4.99 Å². The van der Waals surface area contributed by atoms with Crippen LogP contribution < -0.4 is 4.90 Å². The number of hydrogen-bond donors (Lipinski definition) is 0. The number of carbonyl (C=O) groups is 1. The highest BCUT2D eigenvalue weighted by atomic mass is 79.9. The third kappa shape index (κ3) is 4.15. The van der Waals surface area contributed by atoms with Gasteiger partial charge in [0, 0.05) is 20.4 Å². The zero-order valence-corrected chi connectivity index (χ0v) is 18.6. The van der Waals surface area contributed by atoms with E-state index in [2.05, 4.69) is 20.9 Å². The molecule has 0 spiro atoms. The van der Waals surface area contributed by atoms with Gasteiger partial charge in [-0.15, -0.1) is 0 Å². The molecule has 2 aliphatic heterocycles. The highest BCUT2D eigenvalue weighted by molar-refractivity contribution is 9.10. The van der Waals surface area contributed by atoms with Gasteiger partial charge in [0.05, 0.1) is 24.0 Å². The van der Waals surface area contributed by atoms with Crippen molar-refractivity contribution in [1.82, 2.24) is 0 Å². The third-order valence-electron chi connectivity index (χ3n) is 4.67. The normalized spacial score (nSPS) is 24.5. The van der Waals surface area contributed by atoms with Crippen LogP contribution in [0.5, 0.6) is 0 Å². The fourth-order valence-electron chi connectivity index (χ4n) is 3.44. The lowest BCUT2D eigenvalue weighted by Gasteiger charge is -2.24. The quantitative estimate of drug-likeness (QED) is 0.640. The van der Waals surface area contributed by atoms with Gasteiger partial charge in [-0.3, -0.25) is 4.79 Å². The van der Waals surface area contributed by atoms with Crippen molar-refractivity contribution in [3.8, 4) is 0 Å². The van der Waals surface area contributed by atoms with Gasteiger partial charge in [0.2, 0.25) is 0 Å². The Hall–Kier alpha value is -1.35. The standard InChI is InChI=1S/C19H16BrClN2O3S2/c20-13-5-3-6-14(9-13)23-16-10-28(25,26)11-17(16)27-19(23)22-18(24)8-12-4-1-2-7-15(12)21/h1-7,9,16-17H,8,10-11H2/t16-,17-/m1/s1. The summed E-state index contributed by atoms with van der Waals surface area (Å²) < 4.78 is 25.1. The van der Waals surface area contributed by atoms with E-state index in [1.54, 1.807) is 12.1 Å². The van der Waals surface area contributed by atoms with Gasteiger partial charge in [-0.25, -0.2) is 8.42 Å². The molecule has 0 aliphatic carbocycles. The van der Waals surface area contributed by atoms with Crippen LogP contribution in [0.15, 0.2) is 58.0 Å². The maximum Gasteiger partial charge on any atom is 0.252 e. The van der Waals surface area contributed by atoms with Crippen molar-refractivity contribution >= 4 is 65.9 Å². The minimum Gasteiger partial charge on any atom is -0.316 e. The molecule has 4 rings (SSSR count). The zero-order chi connectivity index (χ0) is 19.9. The first-order valence-corrected chi connectivity index (χ1v) is 12.5. The lowest BCUT2D eigenvalue weighted by molar-refractivity contribution is -0.117. The molecule has 2 aromatic rings. The maximum atomic E-state index is 12.6. The van der Waals surface area contributed by atoms with Crippen molar-refractivity contribution in [2.45, 2.75) is 17.7 Å². The van der Waals surface area contributed by atoms with Crippen LogP contribution in [-0.2, 0) is 21.1 Å². The molecule has 146 valence electrons. The molecule has 0 radical (unpaired) electrons. The topological polar surface area (TPSA) is 66.8 Å². The van der Waals surface area contributed by atoms with Crippen molar-refractivity contribution in [1.29, 1.82) is 0 Å². The van der Waals surface area contributed by atoms with Gasteiger partial charge in [0.15, 0.2) is 15.0 Å². The summed E-state index contributed by atoms with van der Waals surface area (Å²) in [7, 11) is -3.09. The fraction of sp³-hybridized carbons (Fsp3) is 0.263. The first-order chi connectivity index (χ1) is 13.3. The van der Waals surface area contributed by atoms with E-state index in [9.17, 15) is 13.2 Å². The molecular weight excluding hydrogens is 484 g/mol. The van der Waals surface area contributed by atoms with Gasteiger partial charge >= 0.3 is 0 Å². The molecule has 2 aromatic carbocycles. The number of sulfone groups is 1. The highest BCUT2D eigenvalue weighted by Crippen LogP contribution is 2.41. The summed E-state index contributed by atoms with van der Waals surface area (Å²) in [6.45, 7) is 0. The van der Waals surface area contributed by atoms with Gasteiger partial charge in [0.1, 0.15) is 0 Å². The summed E-state index contributed by atoms with van der Waals surface area (Å²) in [4.78, 5) is 18.8. The Bertz CT molecular complexity index is 1070.